The van der Waals surface area contributed by atoms with Crippen molar-refractivity contribution in [3.8, 4) is 11.1 Å². The molecule has 3 aromatic carbocycles. The number of hydrogen-bond acceptors (Lipinski definition) is 1. The van der Waals surface area contributed by atoms with Gasteiger partial charge in [0.15, 0.2) is 0 Å². The van der Waals surface area contributed by atoms with Crippen molar-refractivity contribution in [2.45, 2.75) is 6.04 Å². The number of benzene rings is 3. The molecule has 1 heterocycles. The fraction of sp³-hybridized carbons (Fsp3) is 0.0370. The van der Waals surface area contributed by atoms with Gasteiger partial charge in [-0.25, -0.2) is 0 Å². The number of nitrogens with one attached hydrogen (secondary N) is 1. The highest BCUT2D eigenvalue weighted by molar-refractivity contribution is 5.87. The average Bonchev–Trinajstić information content (AvgIpc) is 2.74. The van der Waals surface area contributed by atoms with Gasteiger partial charge in [0.1, 0.15) is 0 Å². The Labute approximate surface area is 166 Å². The van der Waals surface area contributed by atoms with Crippen molar-refractivity contribution in [1.29, 1.82) is 0 Å². The van der Waals surface area contributed by atoms with Crippen LogP contribution in [0, 0.1) is 0 Å². The van der Waals surface area contributed by atoms with Crippen LogP contribution in [0.5, 0.6) is 0 Å². The second kappa shape index (κ2) is 8.88. The van der Waals surface area contributed by atoms with Gasteiger partial charge in [-0.15, -0.1) is 0 Å². The third kappa shape index (κ3) is 4.39. The maximum atomic E-state index is 3.46. The number of hydrogen-bond donors (Lipinski definition) is 1. The minimum absolute atomic E-state index is 0.128. The third-order valence-corrected chi connectivity index (χ3v) is 4.81. The Balaban J connectivity index is 1.59. The van der Waals surface area contributed by atoms with E-state index in [1.807, 2.05) is 48.7 Å². The Kier molecular flexibility index (Phi) is 5.65. The lowest BCUT2D eigenvalue weighted by Crippen LogP contribution is -2.12. The van der Waals surface area contributed by atoms with E-state index < -0.39 is 0 Å². The van der Waals surface area contributed by atoms with Gasteiger partial charge in [-0.2, -0.15) is 0 Å². The van der Waals surface area contributed by atoms with Crippen molar-refractivity contribution in [2.24, 2.45) is 0 Å². The molecule has 1 atom stereocenters. The van der Waals surface area contributed by atoms with Gasteiger partial charge in [0, 0.05) is 0 Å². The van der Waals surface area contributed by atoms with Crippen molar-refractivity contribution >= 4 is 10.8 Å². The summed E-state index contributed by atoms with van der Waals surface area (Å²) in [4.78, 5) is 0. The first-order valence-electron chi connectivity index (χ1n) is 9.59. The largest absolute Gasteiger partial charge is 0.381 e. The summed E-state index contributed by atoms with van der Waals surface area (Å²) in [6, 6.07) is 24.0. The zero-order chi connectivity index (χ0) is 19.0. The van der Waals surface area contributed by atoms with E-state index in [0.29, 0.717) is 0 Å². The summed E-state index contributed by atoms with van der Waals surface area (Å²) in [6.45, 7) is 0. The summed E-state index contributed by atoms with van der Waals surface area (Å²) in [7, 11) is 0. The monoisotopic (exact) mass is 361 g/mol. The maximum absolute atomic E-state index is 3.46. The highest BCUT2D eigenvalue weighted by atomic mass is 14.9. The van der Waals surface area contributed by atoms with E-state index in [2.05, 4.69) is 84.2 Å². The fourth-order valence-corrected chi connectivity index (χ4v) is 3.29. The van der Waals surface area contributed by atoms with Gasteiger partial charge >= 0.3 is 0 Å². The zero-order valence-electron chi connectivity index (χ0n) is 15.7. The molecule has 1 N–H and O–H groups in total. The molecule has 0 spiro atoms. The summed E-state index contributed by atoms with van der Waals surface area (Å²) in [5, 5.41) is 6.00. The minimum Gasteiger partial charge on any atom is -0.381 e. The van der Waals surface area contributed by atoms with Crippen LogP contribution in [-0.4, -0.2) is 0 Å². The molecule has 0 saturated carbocycles. The molecule has 1 unspecified atom stereocenters. The predicted molar refractivity (Wildman–Crippen MR) is 121 cm³/mol. The summed E-state index contributed by atoms with van der Waals surface area (Å²) in [6.07, 6.45) is 20.4. The Morgan fingerprint density at radius 2 is 1.18 bits per heavy atom. The van der Waals surface area contributed by atoms with E-state index in [9.17, 15) is 0 Å². The fourth-order valence-electron chi connectivity index (χ4n) is 3.29. The molecular weight excluding hydrogens is 338 g/mol. The Bertz CT molecular complexity index is 1080. The molecule has 0 radical (unpaired) electrons. The number of fused-ring (bicyclic) bond motifs is 1. The molecule has 0 aliphatic carbocycles. The van der Waals surface area contributed by atoms with Crippen LogP contribution < -0.4 is 5.32 Å². The van der Waals surface area contributed by atoms with E-state index in [1.54, 1.807) is 0 Å². The summed E-state index contributed by atoms with van der Waals surface area (Å²) >= 11 is 0. The lowest BCUT2D eigenvalue weighted by molar-refractivity contribution is 0.755. The molecule has 0 aromatic heterocycles. The van der Waals surface area contributed by atoms with Crippen LogP contribution in [0.15, 0.2) is 128 Å². The Morgan fingerprint density at radius 3 is 1.96 bits per heavy atom. The average molecular weight is 361 g/mol. The molecule has 0 saturated heterocycles. The SMILES string of the molecule is C1=C\C=C/NC(c2ccc(-c3ccc4ccccc4c3)cc2)\C=C\C=C\C=C/1. The maximum Gasteiger partial charge on any atom is 0.0695 e. The molecule has 136 valence electrons. The molecule has 0 amide bonds. The van der Waals surface area contributed by atoms with Crippen molar-refractivity contribution in [3.05, 3.63) is 133 Å². The van der Waals surface area contributed by atoms with Gasteiger partial charge in [0.25, 0.3) is 0 Å². The zero-order valence-corrected chi connectivity index (χ0v) is 15.7. The van der Waals surface area contributed by atoms with E-state index in [-0.39, 0.29) is 6.04 Å². The molecule has 1 aliphatic rings. The first-order valence-corrected chi connectivity index (χ1v) is 9.59. The van der Waals surface area contributed by atoms with Crippen LogP contribution >= 0.6 is 0 Å². The van der Waals surface area contributed by atoms with Crippen molar-refractivity contribution in [1.82, 2.24) is 5.32 Å². The molecule has 3 aromatic rings. The van der Waals surface area contributed by atoms with Gasteiger partial charge < -0.3 is 5.32 Å². The van der Waals surface area contributed by atoms with E-state index >= 15 is 0 Å². The topological polar surface area (TPSA) is 12.0 Å². The Hall–Kier alpha value is -3.58. The molecule has 0 fully saturated rings. The molecule has 1 aliphatic heterocycles. The lowest BCUT2D eigenvalue weighted by atomic mass is 9.98. The van der Waals surface area contributed by atoms with Gasteiger partial charge in [-0.05, 0) is 45.8 Å². The van der Waals surface area contributed by atoms with E-state index in [0.717, 1.165) is 0 Å². The van der Waals surface area contributed by atoms with Gasteiger partial charge in [0.2, 0.25) is 0 Å². The van der Waals surface area contributed by atoms with Crippen LogP contribution in [0.4, 0.5) is 0 Å². The summed E-state index contributed by atoms with van der Waals surface area (Å²) in [5.41, 5.74) is 3.71. The van der Waals surface area contributed by atoms with Gasteiger partial charge in [0.05, 0.1) is 6.04 Å². The second-order valence-corrected chi connectivity index (χ2v) is 6.73. The molecule has 4 rings (SSSR count). The first kappa shape index (κ1) is 17.8. The minimum atomic E-state index is 0.128. The van der Waals surface area contributed by atoms with E-state index in [4.69, 9.17) is 0 Å². The molecule has 1 nitrogen and oxygen atoms in total. The smallest absolute Gasteiger partial charge is 0.0695 e. The highest BCUT2D eigenvalue weighted by Gasteiger charge is 2.06. The second-order valence-electron chi connectivity index (χ2n) is 6.73. The van der Waals surface area contributed by atoms with Crippen LogP contribution in [0.2, 0.25) is 0 Å². The number of allylic oxidation sites excluding steroid dienone is 8. The summed E-state index contributed by atoms with van der Waals surface area (Å²) < 4.78 is 0. The molecule has 28 heavy (non-hydrogen) atoms. The van der Waals surface area contributed by atoms with Crippen LogP contribution in [0.25, 0.3) is 21.9 Å². The van der Waals surface area contributed by atoms with Crippen molar-refractivity contribution < 1.29 is 0 Å². The quantitative estimate of drug-likeness (QED) is 0.524. The third-order valence-electron chi connectivity index (χ3n) is 4.81. The van der Waals surface area contributed by atoms with Crippen LogP contribution in [-0.2, 0) is 0 Å². The van der Waals surface area contributed by atoms with Gasteiger partial charge in [-0.1, -0.05) is 109 Å². The van der Waals surface area contributed by atoms with Gasteiger partial charge in [-0.3, -0.25) is 0 Å². The van der Waals surface area contributed by atoms with E-state index in [1.165, 1.54) is 27.5 Å². The Morgan fingerprint density at radius 1 is 0.536 bits per heavy atom. The first-order chi connectivity index (χ1) is 13.9. The van der Waals surface area contributed by atoms with Crippen LogP contribution in [0.1, 0.15) is 11.6 Å². The highest BCUT2D eigenvalue weighted by Crippen LogP contribution is 2.26. The molecule has 0 bridgehead atoms. The summed E-state index contributed by atoms with van der Waals surface area (Å²) in [5.74, 6) is 0. The molecular formula is C27H23N. The van der Waals surface area contributed by atoms with Crippen LogP contribution in [0.3, 0.4) is 0 Å². The predicted octanol–water partition coefficient (Wildman–Crippen LogP) is 6.89. The normalized spacial score (nSPS) is 22.2. The number of rotatable bonds is 2. The van der Waals surface area contributed by atoms with Crippen molar-refractivity contribution in [3.63, 3.8) is 0 Å². The standard InChI is InChI=1S/C27H23N/c1-2-4-6-10-20-28-27(13-7-5-3-1)24-17-14-23(15-18-24)26-19-16-22-11-8-9-12-25(22)21-26/h1-21,27-28H/b2-1-,5-3+,6-4-,13-7+,20-10-. The molecule has 1 heteroatoms. The lowest BCUT2D eigenvalue weighted by Gasteiger charge is -2.14. The van der Waals surface area contributed by atoms with Crippen molar-refractivity contribution in [2.75, 3.05) is 0 Å².